The summed E-state index contributed by atoms with van der Waals surface area (Å²) in [6.07, 6.45) is 4.60. The van der Waals surface area contributed by atoms with Crippen molar-refractivity contribution in [2.24, 2.45) is 5.92 Å². The highest BCUT2D eigenvalue weighted by Crippen LogP contribution is 2.19. The second-order valence-electron chi connectivity index (χ2n) is 5.46. The van der Waals surface area contributed by atoms with E-state index in [4.69, 9.17) is 0 Å². The predicted octanol–water partition coefficient (Wildman–Crippen LogP) is 0.555. The maximum atomic E-state index is 12.4. The van der Waals surface area contributed by atoms with Crippen LogP contribution >= 0.6 is 0 Å². The lowest BCUT2D eigenvalue weighted by Crippen LogP contribution is -2.44. The molecule has 0 aromatic carbocycles. The van der Waals surface area contributed by atoms with Gasteiger partial charge in [-0.05, 0) is 18.9 Å². The summed E-state index contributed by atoms with van der Waals surface area (Å²) < 4.78 is 24.6. The van der Waals surface area contributed by atoms with E-state index in [0.717, 1.165) is 0 Å². The summed E-state index contributed by atoms with van der Waals surface area (Å²) >= 11 is 0. The van der Waals surface area contributed by atoms with Gasteiger partial charge in [0.2, 0.25) is 5.91 Å². The van der Waals surface area contributed by atoms with Gasteiger partial charge >= 0.3 is 0 Å². The van der Waals surface area contributed by atoms with Crippen molar-refractivity contribution in [3.63, 3.8) is 0 Å². The van der Waals surface area contributed by atoms with E-state index in [-0.39, 0.29) is 29.4 Å². The zero-order valence-electron chi connectivity index (χ0n) is 11.9. The normalized spacial score (nSPS) is 20.5. The lowest BCUT2D eigenvalue weighted by molar-refractivity contribution is -0.136. The lowest BCUT2D eigenvalue weighted by Gasteiger charge is -2.32. The van der Waals surface area contributed by atoms with Gasteiger partial charge < -0.3 is 4.90 Å². The number of sulfone groups is 1. The van der Waals surface area contributed by atoms with E-state index >= 15 is 0 Å². The maximum absolute atomic E-state index is 12.4. The molecule has 1 aliphatic heterocycles. The highest BCUT2D eigenvalue weighted by Gasteiger charge is 2.30. The molecule has 112 valence electrons. The molecule has 6 nitrogen and oxygen atoms in total. The van der Waals surface area contributed by atoms with Gasteiger partial charge in [-0.2, -0.15) is 5.10 Å². The van der Waals surface area contributed by atoms with Crippen molar-refractivity contribution in [2.75, 3.05) is 18.6 Å². The molecule has 0 bridgehead atoms. The molecule has 1 aliphatic rings. The fourth-order valence-electron chi connectivity index (χ4n) is 2.56. The molecule has 2 heterocycles. The van der Waals surface area contributed by atoms with Crippen molar-refractivity contribution in [2.45, 2.75) is 32.4 Å². The van der Waals surface area contributed by atoms with E-state index in [1.807, 2.05) is 19.2 Å². The van der Waals surface area contributed by atoms with E-state index < -0.39 is 9.84 Å². The average Bonchev–Trinajstić information content (AvgIpc) is 2.90. The Morgan fingerprint density at radius 3 is 2.65 bits per heavy atom. The summed E-state index contributed by atoms with van der Waals surface area (Å²) in [5.41, 5.74) is 0. The summed E-state index contributed by atoms with van der Waals surface area (Å²) in [7, 11) is -1.12. The monoisotopic (exact) mass is 299 g/mol. The quantitative estimate of drug-likeness (QED) is 0.814. The number of rotatable bonds is 4. The number of carbonyl (C=O) groups is 1. The van der Waals surface area contributed by atoms with Crippen LogP contribution in [-0.2, 0) is 21.2 Å². The van der Waals surface area contributed by atoms with Crippen LogP contribution in [0.2, 0.25) is 0 Å². The molecule has 0 radical (unpaired) electrons. The van der Waals surface area contributed by atoms with Crippen LogP contribution in [0.3, 0.4) is 0 Å². The Kier molecular flexibility index (Phi) is 4.47. The minimum Gasteiger partial charge on any atom is -0.342 e. The van der Waals surface area contributed by atoms with Crippen molar-refractivity contribution in [3.05, 3.63) is 18.5 Å². The van der Waals surface area contributed by atoms with Crippen LogP contribution in [0.5, 0.6) is 0 Å². The van der Waals surface area contributed by atoms with Gasteiger partial charge in [0.25, 0.3) is 0 Å². The third-order valence-corrected chi connectivity index (χ3v) is 5.58. The maximum Gasteiger partial charge on any atom is 0.227 e. The molecular weight excluding hydrogens is 278 g/mol. The van der Waals surface area contributed by atoms with Gasteiger partial charge in [-0.15, -0.1) is 0 Å². The smallest absolute Gasteiger partial charge is 0.227 e. The van der Waals surface area contributed by atoms with Crippen molar-refractivity contribution < 1.29 is 13.2 Å². The van der Waals surface area contributed by atoms with Crippen LogP contribution < -0.4 is 0 Å². The standard InChI is InChI=1S/C13H21N3O3S/c1-11(10-16-7-3-6-14-16)13(17)15(2)12-4-8-20(18,19)9-5-12/h3,6-7,11-12H,4-5,8-10H2,1-2H3/t11-/m0/s1. The molecule has 20 heavy (non-hydrogen) atoms. The topological polar surface area (TPSA) is 72.3 Å². The van der Waals surface area contributed by atoms with Crippen molar-refractivity contribution in [1.29, 1.82) is 0 Å². The zero-order valence-corrected chi connectivity index (χ0v) is 12.7. The number of amides is 1. The molecule has 1 aromatic rings. The first kappa shape index (κ1) is 15.0. The summed E-state index contributed by atoms with van der Waals surface area (Å²) in [6.45, 7) is 2.42. The Morgan fingerprint density at radius 2 is 2.10 bits per heavy atom. The Bertz CT molecular complexity index is 539. The highest BCUT2D eigenvalue weighted by atomic mass is 32.2. The molecule has 1 saturated heterocycles. The largest absolute Gasteiger partial charge is 0.342 e. The fraction of sp³-hybridized carbons (Fsp3) is 0.692. The molecule has 0 spiro atoms. The molecule has 7 heteroatoms. The highest BCUT2D eigenvalue weighted by molar-refractivity contribution is 7.91. The van der Waals surface area contributed by atoms with E-state index in [1.165, 1.54) is 0 Å². The summed E-state index contributed by atoms with van der Waals surface area (Å²) in [4.78, 5) is 14.1. The average molecular weight is 299 g/mol. The Labute approximate surface area is 119 Å². The zero-order chi connectivity index (χ0) is 14.8. The molecule has 0 N–H and O–H groups in total. The van der Waals surface area contributed by atoms with Gasteiger partial charge in [0.15, 0.2) is 0 Å². The van der Waals surface area contributed by atoms with E-state index in [2.05, 4.69) is 5.10 Å². The Hall–Kier alpha value is -1.37. The van der Waals surface area contributed by atoms with Crippen LogP contribution in [0.15, 0.2) is 18.5 Å². The summed E-state index contributed by atoms with van der Waals surface area (Å²) in [5.74, 6) is 0.245. The minimum atomic E-state index is -2.89. The molecule has 1 amide bonds. The molecule has 0 unspecified atom stereocenters. The van der Waals surface area contributed by atoms with Crippen LogP contribution in [-0.4, -0.2) is 53.6 Å². The van der Waals surface area contributed by atoms with Gasteiger partial charge in [0, 0.05) is 25.5 Å². The predicted molar refractivity (Wildman–Crippen MR) is 75.8 cm³/mol. The Morgan fingerprint density at radius 1 is 1.45 bits per heavy atom. The molecular formula is C13H21N3O3S. The number of nitrogens with zero attached hydrogens (tertiary/aromatic N) is 3. The number of carbonyl (C=O) groups excluding carboxylic acids is 1. The fourth-order valence-corrected chi connectivity index (χ4v) is 4.03. The molecule has 1 aromatic heterocycles. The number of hydrogen-bond acceptors (Lipinski definition) is 4. The van der Waals surface area contributed by atoms with E-state index in [1.54, 1.807) is 22.8 Å². The van der Waals surface area contributed by atoms with Gasteiger partial charge in [-0.1, -0.05) is 6.92 Å². The van der Waals surface area contributed by atoms with Crippen molar-refractivity contribution in [1.82, 2.24) is 14.7 Å². The van der Waals surface area contributed by atoms with Crippen molar-refractivity contribution >= 4 is 15.7 Å². The SMILES string of the molecule is C[C@@H](Cn1cccn1)C(=O)N(C)C1CCS(=O)(=O)CC1. The first-order valence-corrected chi connectivity index (χ1v) is 8.66. The van der Waals surface area contributed by atoms with Crippen LogP contribution in [0.25, 0.3) is 0 Å². The van der Waals surface area contributed by atoms with Crippen LogP contribution in [0, 0.1) is 5.92 Å². The van der Waals surface area contributed by atoms with E-state index in [9.17, 15) is 13.2 Å². The van der Waals surface area contributed by atoms with E-state index in [0.29, 0.717) is 19.4 Å². The molecule has 0 aliphatic carbocycles. The molecule has 1 atom stereocenters. The number of hydrogen-bond donors (Lipinski definition) is 0. The molecule has 2 rings (SSSR count). The third kappa shape index (κ3) is 3.59. The number of aromatic nitrogens is 2. The second-order valence-corrected chi connectivity index (χ2v) is 7.76. The van der Waals surface area contributed by atoms with Crippen LogP contribution in [0.4, 0.5) is 0 Å². The lowest BCUT2D eigenvalue weighted by atomic mass is 10.1. The Balaban J connectivity index is 1.91. The minimum absolute atomic E-state index is 0.0334. The summed E-state index contributed by atoms with van der Waals surface area (Å²) in [5, 5.41) is 4.10. The third-order valence-electron chi connectivity index (χ3n) is 3.86. The van der Waals surface area contributed by atoms with Crippen molar-refractivity contribution in [3.8, 4) is 0 Å². The first-order valence-electron chi connectivity index (χ1n) is 6.83. The van der Waals surface area contributed by atoms with Crippen LogP contribution in [0.1, 0.15) is 19.8 Å². The van der Waals surface area contributed by atoms with Gasteiger partial charge in [-0.3, -0.25) is 9.48 Å². The summed E-state index contributed by atoms with van der Waals surface area (Å²) in [6, 6.07) is 1.86. The van der Waals surface area contributed by atoms with Gasteiger partial charge in [0.05, 0.1) is 24.0 Å². The first-order chi connectivity index (χ1) is 9.39. The molecule has 0 saturated carbocycles. The van der Waals surface area contributed by atoms with Gasteiger partial charge in [-0.25, -0.2) is 8.42 Å². The van der Waals surface area contributed by atoms with Gasteiger partial charge in [0.1, 0.15) is 9.84 Å². The molecule has 1 fully saturated rings. The second kappa shape index (κ2) is 5.95.